The molecule has 0 radical (unpaired) electrons. The highest BCUT2D eigenvalue weighted by Gasteiger charge is 2.41. The minimum absolute atomic E-state index is 0. The van der Waals surface area contributed by atoms with Crippen molar-refractivity contribution in [2.24, 2.45) is 0 Å². The number of hydrogen-bond donors (Lipinski definition) is 2. The molecule has 0 aromatic carbocycles. The smallest absolute Gasteiger partial charge is 0.239 e. The Kier molecular flexibility index (Phi) is 9.66. The molecule has 3 atom stereocenters. The topological polar surface area (TPSA) is 62.8 Å². The maximum absolute atomic E-state index is 12.5. The Morgan fingerprint density at radius 1 is 1.33 bits per heavy atom. The number of nitrogens with one attached hydrogen (secondary N) is 2. The minimum Gasteiger partial charge on any atom is -0.379 e. The summed E-state index contributed by atoms with van der Waals surface area (Å²) in [4.78, 5) is 15.0. The van der Waals surface area contributed by atoms with Gasteiger partial charge in [0.05, 0.1) is 25.9 Å². The van der Waals surface area contributed by atoms with Gasteiger partial charge < -0.3 is 20.1 Å². The lowest BCUT2D eigenvalue weighted by molar-refractivity contribution is -0.129. The van der Waals surface area contributed by atoms with Crippen LogP contribution in [0, 0.1) is 0 Å². The van der Waals surface area contributed by atoms with Gasteiger partial charge in [0.15, 0.2) is 0 Å². The Labute approximate surface area is 161 Å². The van der Waals surface area contributed by atoms with Gasteiger partial charge in [-0.05, 0) is 19.1 Å². The first kappa shape index (κ1) is 22.3. The van der Waals surface area contributed by atoms with E-state index in [0.29, 0.717) is 6.61 Å². The minimum atomic E-state index is -0.232. The number of carbonyl (C=O) groups is 1. The number of hydrogen-bond acceptors (Lipinski definition) is 6. The van der Waals surface area contributed by atoms with Crippen LogP contribution in [-0.4, -0.2) is 86.0 Å². The molecule has 9 heteroatoms. The van der Waals surface area contributed by atoms with E-state index in [1.54, 1.807) is 0 Å². The number of rotatable bonds is 4. The highest BCUT2D eigenvalue weighted by molar-refractivity contribution is 7.99. The summed E-state index contributed by atoms with van der Waals surface area (Å²) in [7, 11) is 0. The Hall–Kier alpha value is 0.240. The molecule has 1 amide bonds. The largest absolute Gasteiger partial charge is 0.379 e. The van der Waals surface area contributed by atoms with E-state index in [1.807, 2.05) is 18.7 Å². The van der Waals surface area contributed by atoms with Gasteiger partial charge in [-0.2, -0.15) is 11.8 Å². The molecule has 24 heavy (non-hydrogen) atoms. The molecule has 0 aliphatic carbocycles. The molecule has 3 rings (SSSR count). The lowest BCUT2D eigenvalue weighted by Gasteiger charge is -2.43. The average Bonchev–Trinajstić information content (AvgIpc) is 3.04. The van der Waals surface area contributed by atoms with Gasteiger partial charge >= 0.3 is 0 Å². The summed E-state index contributed by atoms with van der Waals surface area (Å²) in [5.74, 6) is 2.34. The van der Waals surface area contributed by atoms with Crippen molar-refractivity contribution in [2.75, 3.05) is 57.5 Å². The molecular formula is C15H29Cl2N3O3S. The Bertz CT molecular complexity index is 394. The Morgan fingerprint density at radius 2 is 2.08 bits per heavy atom. The van der Waals surface area contributed by atoms with Gasteiger partial charge in [-0.3, -0.25) is 9.69 Å². The molecule has 0 spiro atoms. The first-order valence-electron chi connectivity index (χ1n) is 8.25. The second kappa shape index (κ2) is 10.4. The maximum Gasteiger partial charge on any atom is 0.239 e. The van der Waals surface area contributed by atoms with Gasteiger partial charge in [0.1, 0.15) is 6.04 Å². The van der Waals surface area contributed by atoms with Crippen LogP contribution in [0.25, 0.3) is 0 Å². The molecule has 0 saturated carbocycles. The molecule has 3 saturated heterocycles. The van der Waals surface area contributed by atoms with E-state index in [1.165, 1.54) is 5.75 Å². The molecular weight excluding hydrogens is 373 g/mol. The van der Waals surface area contributed by atoms with Crippen LogP contribution in [0.3, 0.4) is 0 Å². The van der Waals surface area contributed by atoms with Crippen molar-refractivity contribution in [3.63, 3.8) is 0 Å². The standard InChI is InChI=1S/C15H27N3O3S.2ClH/c1-12-13(16-3-6-21-12)14(19)17-10-15(2-9-22-11-15)18-4-7-20-8-5-18;;/h12-13,16H,2-11H2,1H3,(H,17,19);2*1H/t12-,13+,15?;;/m1../s1. The third-order valence-corrected chi connectivity index (χ3v) is 6.19. The summed E-state index contributed by atoms with van der Waals surface area (Å²) in [5, 5.41) is 6.45. The first-order chi connectivity index (χ1) is 10.7. The fourth-order valence-electron chi connectivity index (χ4n) is 3.52. The number of ether oxygens (including phenoxy) is 2. The van der Waals surface area contributed by atoms with Crippen molar-refractivity contribution in [2.45, 2.75) is 31.0 Å². The predicted octanol–water partition coefficient (Wildman–Crippen LogP) is 0.531. The highest BCUT2D eigenvalue weighted by atomic mass is 35.5. The van der Waals surface area contributed by atoms with E-state index in [-0.39, 0.29) is 48.4 Å². The summed E-state index contributed by atoms with van der Waals surface area (Å²) >= 11 is 1.99. The molecule has 0 aromatic rings. The lowest BCUT2D eigenvalue weighted by Crippen LogP contribution is -2.62. The van der Waals surface area contributed by atoms with Crippen molar-refractivity contribution in [1.82, 2.24) is 15.5 Å². The SMILES string of the molecule is C[C@H]1OCCN[C@@H]1C(=O)NCC1(N2CCOCC2)CCSC1.Cl.Cl. The monoisotopic (exact) mass is 401 g/mol. The van der Waals surface area contributed by atoms with Crippen LogP contribution in [-0.2, 0) is 14.3 Å². The van der Waals surface area contributed by atoms with Crippen molar-refractivity contribution in [1.29, 1.82) is 0 Å². The number of morpholine rings is 2. The van der Waals surface area contributed by atoms with Gasteiger partial charge in [-0.1, -0.05) is 0 Å². The van der Waals surface area contributed by atoms with Crippen LogP contribution >= 0.6 is 36.6 Å². The first-order valence-corrected chi connectivity index (χ1v) is 9.40. The molecule has 3 aliphatic rings. The molecule has 142 valence electrons. The molecule has 6 nitrogen and oxygen atoms in total. The normalized spacial score (nSPS) is 34.0. The van der Waals surface area contributed by atoms with Crippen molar-refractivity contribution < 1.29 is 14.3 Å². The van der Waals surface area contributed by atoms with E-state index in [4.69, 9.17) is 9.47 Å². The van der Waals surface area contributed by atoms with Crippen LogP contribution in [0.5, 0.6) is 0 Å². The van der Waals surface area contributed by atoms with Gasteiger partial charge in [-0.25, -0.2) is 0 Å². The number of nitrogens with zero attached hydrogens (tertiary/aromatic N) is 1. The van der Waals surface area contributed by atoms with Crippen LogP contribution < -0.4 is 10.6 Å². The number of carbonyl (C=O) groups excluding carboxylic acids is 1. The van der Waals surface area contributed by atoms with Gasteiger partial charge in [-0.15, -0.1) is 24.8 Å². The zero-order valence-corrected chi connectivity index (χ0v) is 16.6. The lowest BCUT2D eigenvalue weighted by atomic mass is 9.95. The zero-order chi connectivity index (χ0) is 15.4. The van der Waals surface area contributed by atoms with Crippen molar-refractivity contribution >= 4 is 42.5 Å². The summed E-state index contributed by atoms with van der Waals surface area (Å²) in [6, 6.07) is -0.232. The van der Waals surface area contributed by atoms with Crippen LogP contribution in [0.1, 0.15) is 13.3 Å². The van der Waals surface area contributed by atoms with Gasteiger partial charge in [0, 0.05) is 37.5 Å². The Morgan fingerprint density at radius 3 is 2.71 bits per heavy atom. The fraction of sp³-hybridized carbons (Fsp3) is 0.933. The second-order valence-electron chi connectivity index (χ2n) is 6.35. The Balaban J connectivity index is 0.00000144. The number of thioether (sulfide) groups is 1. The van der Waals surface area contributed by atoms with E-state index in [0.717, 1.165) is 51.6 Å². The van der Waals surface area contributed by atoms with Gasteiger partial charge in [0.25, 0.3) is 0 Å². The van der Waals surface area contributed by atoms with Crippen LogP contribution in [0.15, 0.2) is 0 Å². The molecule has 0 aromatic heterocycles. The van der Waals surface area contributed by atoms with E-state index < -0.39 is 0 Å². The third-order valence-electron chi connectivity index (χ3n) is 4.96. The third kappa shape index (κ3) is 5.13. The average molecular weight is 402 g/mol. The second-order valence-corrected chi connectivity index (χ2v) is 7.46. The molecule has 3 heterocycles. The van der Waals surface area contributed by atoms with Crippen molar-refractivity contribution in [3.05, 3.63) is 0 Å². The molecule has 0 bridgehead atoms. The molecule has 1 unspecified atom stereocenters. The zero-order valence-electron chi connectivity index (χ0n) is 14.1. The van der Waals surface area contributed by atoms with E-state index in [9.17, 15) is 4.79 Å². The molecule has 2 N–H and O–H groups in total. The molecule has 3 fully saturated rings. The molecule has 3 aliphatic heterocycles. The summed E-state index contributed by atoms with van der Waals surface area (Å²) in [6.45, 7) is 7.65. The van der Waals surface area contributed by atoms with E-state index >= 15 is 0 Å². The number of amides is 1. The van der Waals surface area contributed by atoms with Gasteiger partial charge in [0.2, 0.25) is 5.91 Å². The predicted molar refractivity (Wildman–Crippen MR) is 102 cm³/mol. The van der Waals surface area contributed by atoms with Crippen LogP contribution in [0.2, 0.25) is 0 Å². The summed E-state index contributed by atoms with van der Waals surface area (Å²) in [6.07, 6.45) is 1.08. The van der Waals surface area contributed by atoms with Crippen molar-refractivity contribution in [3.8, 4) is 0 Å². The quantitative estimate of drug-likeness (QED) is 0.716. The maximum atomic E-state index is 12.5. The number of halogens is 2. The van der Waals surface area contributed by atoms with E-state index in [2.05, 4.69) is 15.5 Å². The summed E-state index contributed by atoms with van der Waals surface area (Å²) in [5.41, 5.74) is 0.100. The van der Waals surface area contributed by atoms with Crippen LogP contribution in [0.4, 0.5) is 0 Å². The fourth-order valence-corrected chi connectivity index (χ4v) is 5.00. The summed E-state index contributed by atoms with van der Waals surface area (Å²) < 4.78 is 11.0. The highest BCUT2D eigenvalue weighted by Crippen LogP contribution is 2.33.